The quantitative estimate of drug-likeness (QED) is 0.700. The molecule has 6 nitrogen and oxygen atoms in total. The molecule has 2 rings (SSSR count). The summed E-state index contributed by atoms with van der Waals surface area (Å²) in [6.07, 6.45) is 1.45. The van der Waals surface area contributed by atoms with Crippen LogP contribution in [0, 0.1) is 0 Å². The molecule has 0 aliphatic carbocycles. The number of carbonyl (C=O) groups is 1. The lowest BCUT2D eigenvalue weighted by Crippen LogP contribution is -2.28. The van der Waals surface area contributed by atoms with E-state index in [0.717, 1.165) is 0 Å². The van der Waals surface area contributed by atoms with Crippen LogP contribution in [-0.4, -0.2) is 11.2 Å². The van der Waals surface area contributed by atoms with E-state index in [-0.39, 0.29) is 6.03 Å². The Morgan fingerprint density at radius 3 is 2.71 bits per heavy atom. The zero-order chi connectivity index (χ0) is 12.1. The number of nitrogens with zero attached hydrogens (tertiary/aromatic N) is 1. The van der Waals surface area contributed by atoms with Gasteiger partial charge in [-0.2, -0.15) is 0 Å². The van der Waals surface area contributed by atoms with Gasteiger partial charge in [0.15, 0.2) is 0 Å². The molecular formula is C11H12N4O2. The molecule has 2 amide bonds. The second kappa shape index (κ2) is 5.02. The number of nitrogen functional groups attached to an aromatic ring is 1. The van der Waals surface area contributed by atoms with Crippen LogP contribution in [0.2, 0.25) is 0 Å². The van der Waals surface area contributed by atoms with Crippen molar-refractivity contribution in [3.63, 3.8) is 0 Å². The first-order chi connectivity index (χ1) is 8.24. The number of anilines is 2. The Hall–Kier alpha value is -2.50. The van der Waals surface area contributed by atoms with Gasteiger partial charge in [-0.25, -0.2) is 4.79 Å². The number of aromatic nitrogens is 1. The molecule has 88 valence electrons. The lowest BCUT2D eigenvalue weighted by atomic mass is 10.3. The van der Waals surface area contributed by atoms with E-state index in [1.54, 1.807) is 30.3 Å². The Morgan fingerprint density at radius 1 is 1.29 bits per heavy atom. The molecule has 0 spiro atoms. The summed E-state index contributed by atoms with van der Waals surface area (Å²) in [4.78, 5) is 11.5. The fraction of sp³-hybridized carbons (Fsp3) is 0.0909. The highest BCUT2D eigenvalue weighted by atomic mass is 16.5. The van der Waals surface area contributed by atoms with E-state index in [1.165, 1.54) is 6.26 Å². The van der Waals surface area contributed by atoms with Crippen LogP contribution in [0.5, 0.6) is 0 Å². The Bertz CT molecular complexity index is 479. The number of benzene rings is 1. The van der Waals surface area contributed by atoms with Gasteiger partial charge in [0.1, 0.15) is 12.0 Å². The molecular weight excluding hydrogens is 220 g/mol. The van der Waals surface area contributed by atoms with Gasteiger partial charge in [-0.05, 0) is 24.3 Å². The molecule has 2 aromatic rings. The molecule has 0 saturated heterocycles. The van der Waals surface area contributed by atoms with Crippen LogP contribution in [0.25, 0.3) is 0 Å². The minimum atomic E-state index is -0.308. The van der Waals surface area contributed by atoms with Crippen molar-refractivity contribution in [3.8, 4) is 0 Å². The van der Waals surface area contributed by atoms with Crippen molar-refractivity contribution >= 4 is 17.4 Å². The highest BCUT2D eigenvalue weighted by Gasteiger charge is 2.02. The summed E-state index contributed by atoms with van der Waals surface area (Å²) >= 11 is 0. The van der Waals surface area contributed by atoms with Gasteiger partial charge in [-0.3, -0.25) is 0 Å². The van der Waals surface area contributed by atoms with E-state index in [0.29, 0.717) is 23.6 Å². The molecule has 1 aromatic carbocycles. The minimum absolute atomic E-state index is 0.308. The maximum absolute atomic E-state index is 11.5. The van der Waals surface area contributed by atoms with E-state index < -0.39 is 0 Å². The van der Waals surface area contributed by atoms with Crippen LogP contribution in [0.3, 0.4) is 0 Å². The van der Waals surface area contributed by atoms with E-state index >= 15 is 0 Å². The van der Waals surface area contributed by atoms with Crippen LogP contribution in [0.4, 0.5) is 16.2 Å². The average Bonchev–Trinajstić information content (AvgIpc) is 2.83. The van der Waals surface area contributed by atoms with Crippen molar-refractivity contribution in [3.05, 3.63) is 42.3 Å². The third-order valence-corrected chi connectivity index (χ3v) is 2.09. The normalized spacial score (nSPS) is 9.88. The Balaban J connectivity index is 1.83. The van der Waals surface area contributed by atoms with E-state index in [2.05, 4.69) is 20.3 Å². The molecule has 0 bridgehead atoms. The van der Waals surface area contributed by atoms with Gasteiger partial charge in [0.05, 0.1) is 6.54 Å². The Labute approximate surface area is 97.8 Å². The summed E-state index contributed by atoms with van der Waals surface area (Å²) < 4.78 is 4.64. The highest BCUT2D eigenvalue weighted by Crippen LogP contribution is 2.10. The molecule has 0 fully saturated rings. The monoisotopic (exact) mass is 232 g/mol. The average molecular weight is 232 g/mol. The predicted octanol–water partition coefficient (Wildman–Crippen LogP) is 1.58. The van der Waals surface area contributed by atoms with Crippen LogP contribution < -0.4 is 16.4 Å². The van der Waals surface area contributed by atoms with Crippen molar-refractivity contribution in [1.82, 2.24) is 10.5 Å². The standard InChI is InChI=1S/C11H12N4O2/c12-8-1-3-9(4-2-8)14-11(16)13-7-10-5-6-17-15-10/h1-6H,7,12H2,(H2,13,14,16). The van der Waals surface area contributed by atoms with Crippen molar-refractivity contribution < 1.29 is 9.32 Å². The smallest absolute Gasteiger partial charge is 0.319 e. The third kappa shape index (κ3) is 3.23. The SMILES string of the molecule is Nc1ccc(NC(=O)NCc2ccon2)cc1. The molecule has 1 aromatic heterocycles. The second-order valence-corrected chi connectivity index (χ2v) is 3.42. The molecule has 17 heavy (non-hydrogen) atoms. The van der Waals surface area contributed by atoms with Crippen LogP contribution in [0.15, 0.2) is 41.1 Å². The van der Waals surface area contributed by atoms with Gasteiger partial charge in [0.25, 0.3) is 0 Å². The lowest BCUT2D eigenvalue weighted by molar-refractivity contribution is 0.251. The van der Waals surface area contributed by atoms with E-state index in [9.17, 15) is 4.79 Å². The van der Waals surface area contributed by atoms with Gasteiger partial charge in [-0.1, -0.05) is 5.16 Å². The minimum Gasteiger partial charge on any atom is -0.399 e. The molecule has 0 aliphatic rings. The summed E-state index contributed by atoms with van der Waals surface area (Å²) in [5.74, 6) is 0. The first-order valence-electron chi connectivity index (χ1n) is 5.04. The van der Waals surface area contributed by atoms with E-state index in [4.69, 9.17) is 5.73 Å². The molecule has 0 unspecified atom stereocenters. The van der Waals surface area contributed by atoms with Gasteiger partial charge < -0.3 is 20.9 Å². The molecule has 0 aliphatic heterocycles. The van der Waals surface area contributed by atoms with Gasteiger partial charge in [-0.15, -0.1) is 0 Å². The number of nitrogens with two attached hydrogens (primary N) is 1. The predicted molar refractivity (Wildman–Crippen MR) is 63.2 cm³/mol. The topological polar surface area (TPSA) is 93.2 Å². The second-order valence-electron chi connectivity index (χ2n) is 3.42. The zero-order valence-corrected chi connectivity index (χ0v) is 9.01. The molecule has 1 heterocycles. The summed E-state index contributed by atoms with van der Waals surface area (Å²) in [7, 11) is 0. The maximum atomic E-state index is 11.5. The number of carbonyl (C=O) groups excluding carboxylic acids is 1. The number of hydrogen-bond donors (Lipinski definition) is 3. The molecule has 6 heteroatoms. The summed E-state index contributed by atoms with van der Waals surface area (Å²) in [5.41, 5.74) is 7.53. The van der Waals surface area contributed by atoms with Crippen molar-refractivity contribution in [2.75, 3.05) is 11.1 Å². The van der Waals surface area contributed by atoms with Gasteiger partial charge in [0, 0.05) is 17.4 Å². The van der Waals surface area contributed by atoms with Crippen LogP contribution >= 0.6 is 0 Å². The highest BCUT2D eigenvalue weighted by molar-refractivity contribution is 5.89. The van der Waals surface area contributed by atoms with E-state index in [1.807, 2.05) is 0 Å². The largest absolute Gasteiger partial charge is 0.399 e. The fourth-order valence-corrected chi connectivity index (χ4v) is 1.24. The van der Waals surface area contributed by atoms with Crippen molar-refractivity contribution in [1.29, 1.82) is 0 Å². The maximum Gasteiger partial charge on any atom is 0.319 e. The molecule has 4 N–H and O–H groups in total. The Kier molecular flexibility index (Phi) is 3.25. The number of urea groups is 1. The summed E-state index contributed by atoms with van der Waals surface area (Å²) in [5, 5.41) is 8.98. The molecule has 0 saturated carbocycles. The summed E-state index contributed by atoms with van der Waals surface area (Å²) in [6.45, 7) is 0.317. The van der Waals surface area contributed by atoms with Crippen LogP contribution in [-0.2, 0) is 6.54 Å². The first kappa shape index (κ1) is 11.0. The lowest BCUT2D eigenvalue weighted by Gasteiger charge is -2.06. The zero-order valence-electron chi connectivity index (χ0n) is 9.01. The van der Waals surface area contributed by atoms with Crippen LogP contribution in [0.1, 0.15) is 5.69 Å². The van der Waals surface area contributed by atoms with Crippen molar-refractivity contribution in [2.45, 2.75) is 6.54 Å². The number of hydrogen-bond acceptors (Lipinski definition) is 4. The van der Waals surface area contributed by atoms with Gasteiger partial charge >= 0.3 is 6.03 Å². The first-order valence-corrected chi connectivity index (χ1v) is 5.04. The fourth-order valence-electron chi connectivity index (χ4n) is 1.24. The third-order valence-electron chi connectivity index (χ3n) is 2.09. The molecule has 0 atom stereocenters. The Morgan fingerprint density at radius 2 is 2.06 bits per heavy atom. The molecule has 0 radical (unpaired) electrons. The number of rotatable bonds is 3. The van der Waals surface area contributed by atoms with Gasteiger partial charge in [0.2, 0.25) is 0 Å². The van der Waals surface area contributed by atoms with Crippen molar-refractivity contribution in [2.24, 2.45) is 0 Å². The summed E-state index contributed by atoms with van der Waals surface area (Å²) in [6, 6.07) is 8.26. The number of amides is 2. The number of nitrogens with one attached hydrogen (secondary N) is 2.